The van der Waals surface area contributed by atoms with Crippen LogP contribution in [0.2, 0.25) is 0 Å². The van der Waals surface area contributed by atoms with Gasteiger partial charge in [-0.2, -0.15) is 0 Å². The first-order valence-corrected chi connectivity index (χ1v) is 6.74. The number of para-hydroxylation sites is 2. The molecule has 2 heterocycles. The van der Waals surface area contributed by atoms with Crippen LogP contribution < -0.4 is 5.32 Å². The summed E-state index contributed by atoms with van der Waals surface area (Å²) in [7, 11) is 0. The Morgan fingerprint density at radius 1 is 1.52 bits per heavy atom. The molecule has 1 aromatic carbocycles. The first-order chi connectivity index (χ1) is 10.2. The van der Waals surface area contributed by atoms with Gasteiger partial charge in [-0.05, 0) is 18.2 Å². The van der Waals surface area contributed by atoms with Crippen LogP contribution in [0.3, 0.4) is 0 Å². The van der Waals surface area contributed by atoms with E-state index in [0.717, 1.165) is 5.52 Å². The molecule has 1 atom stereocenters. The number of hydrogen-bond acceptors (Lipinski definition) is 4. The van der Waals surface area contributed by atoms with Crippen molar-refractivity contribution in [3.05, 3.63) is 42.8 Å². The minimum Gasteiger partial charge on any atom is -0.441 e. The number of benzene rings is 1. The molecule has 6 heteroatoms. The first-order valence-electron chi connectivity index (χ1n) is 6.74. The van der Waals surface area contributed by atoms with Crippen molar-refractivity contribution in [3.8, 4) is 0 Å². The second-order valence-corrected chi connectivity index (χ2v) is 4.82. The Balaban J connectivity index is 1.87. The zero-order valence-corrected chi connectivity index (χ0v) is 11.4. The molecular weight excluding hydrogens is 270 g/mol. The van der Waals surface area contributed by atoms with E-state index in [1.54, 1.807) is 0 Å². The molecule has 0 radical (unpaired) electrons. The summed E-state index contributed by atoms with van der Waals surface area (Å²) in [5.41, 5.74) is 1.41. The summed E-state index contributed by atoms with van der Waals surface area (Å²) in [5.74, 6) is -0.00946. The molecule has 21 heavy (non-hydrogen) atoms. The molecule has 1 unspecified atom stereocenters. The number of nitrogens with zero attached hydrogens (tertiary/aromatic N) is 2. The average molecular weight is 285 g/mol. The highest BCUT2D eigenvalue weighted by atomic mass is 16.3. The lowest BCUT2D eigenvalue weighted by Gasteiger charge is -2.33. The van der Waals surface area contributed by atoms with Gasteiger partial charge in [0.15, 0.2) is 11.5 Å². The van der Waals surface area contributed by atoms with Gasteiger partial charge in [0, 0.05) is 13.1 Å². The number of carbonyl (C=O) groups is 2. The smallest absolute Gasteiger partial charge is 0.246 e. The number of aromatic nitrogens is 1. The molecular formula is C15H15N3O3. The van der Waals surface area contributed by atoms with Crippen LogP contribution in [0.5, 0.6) is 0 Å². The molecule has 3 rings (SSSR count). The van der Waals surface area contributed by atoms with Gasteiger partial charge in [-0.1, -0.05) is 18.7 Å². The van der Waals surface area contributed by atoms with E-state index in [0.29, 0.717) is 24.6 Å². The van der Waals surface area contributed by atoms with Gasteiger partial charge in [-0.3, -0.25) is 9.59 Å². The summed E-state index contributed by atoms with van der Waals surface area (Å²) in [6.07, 6.45) is 1.47. The van der Waals surface area contributed by atoms with E-state index in [-0.39, 0.29) is 18.2 Å². The van der Waals surface area contributed by atoms with Crippen LogP contribution in [-0.2, 0) is 16.0 Å². The number of nitrogens with one attached hydrogen (secondary N) is 1. The number of piperazine rings is 1. The van der Waals surface area contributed by atoms with Crippen LogP contribution in [0.1, 0.15) is 5.89 Å². The van der Waals surface area contributed by atoms with E-state index in [9.17, 15) is 9.59 Å². The highest BCUT2D eigenvalue weighted by Gasteiger charge is 2.33. The Hall–Kier alpha value is -2.63. The normalized spacial score (nSPS) is 18.6. The number of rotatable bonds is 3. The molecule has 0 spiro atoms. The van der Waals surface area contributed by atoms with Gasteiger partial charge < -0.3 is 14.6 Å². The molecule has 1 fully saturated rings. The average Bonchev–Trinajstić information content (AvgIpc) is 2.91. The van der Waals surface area contributed by atoms with E-state index < -0.39 is 6.04 Å². The summed E-state index contributed by atoms with van der Waals surface area (Å²) in [4.78, 5) is 29.7. The van der Waals surface area contributed by atoms with Crippen molar-refractivity contribution < 1.29 is 14.0 Å². The van der Waals surface area contributed by atoms with Crippen LogP contribution >= 0.6 is 0 Å². The second kappa shape index (κ2) is 5.40. The zero-order chi connectivity index (χ0) is 14.8. The van der Waals surface area contributed by atoms with Gasteiger partial charge in [-0.25, -0.2) is 4.98 Å². The van der Waals surface area contributed by atoms with Crippen molar-refractivity contribution in [2.24, 2.45) is 0 Å². The van der Waals surface area contributed by atoms with Crippen molar-refractivity contribution in [3.63, 3.8) is 0 Å². The molecule has 1 N–H and O–H groups in total. The highest BCUT2D eigenvalue weighted by Crippen LogP contribution is 2.18. The molecule has 0 aliphatic carbocycles. The highest BCUT2D eigenvalue weighted by molar-refractivity contribution is 5.93. The number of oxazole rings is 1. The maximum Gasteiger partial charge on any atom is 0.246 e. The minimum atomic E-state index is -0.614. The molecule has 108 valence electrons. The van der Waals surface area contributed by atoms with Gasteiger partial charge in [0.25, 0.3) is 0 Å². The monoisotopic (exact) mass is 285 g/mol. The van der Waals surface area contributed by atoms with E-state index in [1.807, 2.05) is 24.3 Å². The molecule has 0 saturated carbocycles. The van der Waals surface area contributed by atoms with E-state index in [1.165, 1.54) is 11.0 Å². The topological polar surface area (TPSA) is 75.4 Å². The molecule has 1 aliphatic heterocycles. The van der Waals surface area contributed by atoms with E-state index in [2.05, 4.69) is 16.9 Å². The molecule has 1 aromatic heterocycles. The molecule has 6 nitrogen and oxygen atoms in total. The lowest BCUT2D eigenvalue weighted by Crippen LogP contribution is -2.57. The van der Waals surface area contributed by atoms with Crippen molar-refractivity contribution in [1.29, 1.82) is 0 Å². The predicted molar refractivity (Wildman–Crippen MR) is 76.4 cm³/mol. The Kier molecular flexibility index (Phi) is 3.43. The predicted octanol–water partition coefficient (Wildman–Crippen LogP) is 0.883. The van der Waals surface area contributed by atoms with Crippen LogP contribution in [0, 0.1) is 0 Å². The van der Waals surface area contributed by atoms with Crippen molar-refractivity contribution in [2.75, 3.05) is 13.1 Å². The number of hydrogen-bond donors (Lipinski definition) is 1. The lowest BCUT2D eigenvalue weighted by atomic mass is 10.1. The minimum absolute atomic E-state index is 0.196. The summed E-state index contributed by atoms with van der Waals surface area (Å²) in [5, 5.41) is 2.76. The maximum absolute atomic E-state index is 12.0. The van der Waals surface area contributed by atoms with Crippen LogP contribution in [-0.4, -0.2) is 40.8 Å². The second-order valence-electron chi connectivity index (χ2n) is 4.82. The molecule has 1 aliphatic rings. The molecule has 2 amide bonds. The molecule has 2 aromatic rings. The Morgan fingerprint density at radius 3 is 3.10 bits per heavy atom. The maximum atomic E-state index is 12.0. The van der Waals surface area contributed by atoms with Gasteiger partial charge in [-0.15, -0.1) is 0 Å². The first kappa shape index (κ1) is 13.4. The standard InChI is InChI=1S/C15H15N3O3/c1-2-14(19)18-8-7-16-15(20)11(18)9-13-17-10-5-3-4-6-12(10)21-13/h2-6,11H,1,7-9H2,(H,16,20). The molecule has 1 saturated heterocycles. The quantitative estimate of drug-likeness (QED) is 0.850. The fraction of sp³-hybridized carbons (Fsp3) is 0.267. The summed E-state index contributed by atoms with van der Waals surface area (Å²) in [6.45, 7) is 4.38. The van der Waals surface area contributed by atoms with Gasteiger partial charge in [0.05, 0.1) is 6.42 Å². The van der Waals surface area contributed by atoms with E-state index in [4.69, 9.17) is 4.42 Å². The van der Waals surface area contributed by atoms with Gasteiger partial charge in [0.1, 0.15) is 11.6 Å². The van der Waals surface area contributed by atoms with Crippen LogP contribution in [0.4, 0.5) is 0 Å². The zero-order valence-electron chi connectivity index (χ0n) is 11.4. The number of fused-ring (bicyclic) bond motifs is 1. The number of carbonyl (C=O) groups excluding carboxylic acids is 2. The Labute approximate surface area is 121 Å². The Bertz CT molecular complexity index is 674. The van der Waals surface area contributed by atoms with Crippen molar-refractivity contribution in [1.82, 2.24) is 15.2 Å². The van der Waals surface area contributed by atoms with Crippen molar-refractivity contribution >= 4 is 22.9 Å². The number of amides is 2. The third-order valence-corrected chi connectivity index (χ3v) is 3.49. The van der Waals surface area contributed by atoms with Crippen LogP contribution in [0.25, 0.3) is 11.1 Å². The summed E-state index contributed by atoms with van der Waals surface area (Å²) >= 11 is 0. The van der Waals surface area contributed by atoms with E-state index >= 15 is 0 Å². The van der Waals surface area contributed by atoms with Crippen molar-refractivity contribution in [2.45, 2.75) is 12.5 Å². The fourth-order valence-electron chi connectivity index (χ4n) is 2.47. The summed E-state index contributed by atoms with van der Waals surface area (Å²) in [6, 6.07) is 6.78. The van der Waals surface area contributed by atoms with Crippen LogP contribution in [0.15, 0.2) is 41.3 Å². The SMILES string of the molecule is C=CC(=O)N1CCNC(=O)C1Cc1nc2ccccc2o1. The van der Waals surface area contributed by atoms with Gasteiger partial charge >= 0.3 is 0 Å². The molecule has 0 bridgehead atoms. The van der Waals surface area contributed by atoms with Gasteiger partial charge in [0.2, 0.25) is 11.8 Å². The largest absolute Gasteiger partial charge is 0.441 e. The summed E-state index contributed by atoms with van der Waals surface area (Å²) < 4.78 is 5.63. The lowest BCUT2D eigenvalue weighted by molar-refractivity contribution is -0.140. The third-order valence-electron chi connectivity index (χ3n) is 3.49. The fourth-order valence-corrected chi connectivity index (χ4v) is 2.47. The Morgan fingerprint density at radius 2 is 2.33 bits per heavy atom. The third kappa shape index (κ3) is 2.52.